The van der Waals surface area contributed by atoms with Crippen LogP contribution in [0.1, 0.15) is 26.3 Å². The second-order valence-corrected chi connectivity index (χ2v) is 9.27. The van der Waals surface area contributed by atoms with Gasteiger partial charge in [-0.15, -0.1) is 0 Å². The number of rotatable bonds is 3. The Kier molecular flexibility index (Phi) is 6.30. The minimum Gasteiger partial charge on any atom is -0.444 e. The number of aromatic amines is 1. The summed E-state index contributed by atoms with van der Waals surface area (Å²) >= 11 is 6.11. The molecular formula is C23H24ClN7O3. The number of hydrogen-bond donors (Lipinski definition) is 2. The molecule has 1 amide bonds. The summed E-state index contributed by atoms with van der Waals surface area (Å²) < 4.78 is 5.45. The number of nitriles is 1. The molecule has 11 heteroatoms. The first-order chi connectivity index (χ1) is 16.1. The van der Waals surface area contributed by atoms with Crippen molar-refractivity contribution in [3.63, 3.8) is 0 Å². The van der Waals surface area contributed by atoms with Gasteiger partial charge in [-0.25, -0.2) is 14.9 Å². The highest BCUT2D eigenvalue weighted by atomic mass is 35.5. The van der Waals surface area contributed by atoms with Gasteiger partial charge in [-0.05, 0) is 45.0 Å². The number of nitrogens with one attached hydrogen (secondary N) is 2. The van der Waals surface area contributed by atoms with E-state index in [2.05, 4.69) is 31.5 Å². The molecule has 0 unspecified atom stereocenters. The Morgan fingerprint density at radius 3 is 2.65 bits per heavy atom. The van der Waals surface area contributed by atoms with Crippen LogP contribution in [0.15, 0.2) is 35.3 Å². The van der Waals surface area contributed by atoms with Gasteiger partial charge in [0.1, 0.15) is 22.6 Å². The van der Waals surface area contributed by atoms with Gasteiger partial charge in [0.25, 0.3) is 5.56 Å². The molecule has 1 fully saturated rings. The first-order valence-corrected chi connectivity index (χ1v) is 11.1. The third kappa shape index (κ3) is 5.05. The number of pyridine rings is 1. The van der Waals surface area contributed by atoms with Gasteiger partial charge in [0.2, 0.25) is 0 Å². The monoisotopic (exact) mass is 481 g/mol. The number of piperazine rings is 1. The highest BCUT2D eigenvalue weighted by Crippen LogP contribution is 2.29. The molecule has 34 heavy (non-hydrogen) atoms. The second-order valence-electron chi connectivity index (χ2n) is 8.88. The maximum Gasteiger partial charge on any atom is 0.410 e. The van der Waals surface area contributed by atoms with Crippen LogP contribution < -0.4 is 15.8 Å². The van der Waals surface area contributed by atoms with Crippen LogP contribution in [0.2, 0.25) is 5.15 Å². The molecule has 0 bridgehead atoms. The molecule has 1 aliphatic heterocycles. The summed E-state index contributed by atoms with van der Waals surface area (Å²) in [7, 11) is 0. The average Bonchev–Trinajstić information content (AvgIpc) is 2.78. The van der Waals surface area contributed by atoms with Gasteiger partial charge in [-0.3, -0.25) is 4.79 Å². The Balaban J connectivity index is 1.53. The Labute approximate surface area is 201 Å². The fraction of sp³-hybridized carbons (Fsp3) is 0.348. The van der Waals surface area contributed by atoms with E-state index < -0.39 is 11.2 Å². The molecule has 10 nitrogen and oxygen atoms in total. The van der Waals surface area contributed by atoms with E-state index in [-0.39, 0.29) is 17.1 Å². The number of H-pyrrole nitrogens is 1. The van der Waals surface area contributed by atoms with Gasteiger partial charge in [-0.1, -0.05) is 11.6 Å². The van der Waals surface area contributed by atoms with Gasteiger partial charge < -0.3 is 19.9 Å². The van der Waals surface area contributed by atoms with E-state index in [1.807, 2.05) is 26.8 Å². The van der Waals surface area contributed by atoms with Gasteiger partial charge in [-0.2, -0.15) is 10.4 Å². The summed E-state index contributed by atoms with van der Waals surface area (Å²) in [6.45, 7) is 7.79. The second kappa shape index (κ2) is 9.19. The normalized spacial score (nSPS) is 14.1. The zero-order valence-corrected chi connectivity index (χ0v) is 19.8. The van der Waals surface area contributed by atoms with Crippen molar-refractivity contribution in [1.82, 2.24) is 20.1 Å². The molecule has 176 valence electrons. The number of carbonyl (C=O) groups is 1. The predicted molar refractivity (Wildman–Crippen MR) is 130 cm³/mol. The number of anilines is 3. The third-order valence-corrected chi connectivity index (χ3v) is 5.48. The highest BCUT2D eigenvalue weighted by Gasteiger charge is 2.26. The molecule has 1 aromatic carbocycles. The molecule has 0 saturated carbocycles. The lowest BCUT2D eigenvalue weighted by molar-refractivity contribution is 0.0240. The average molecular weight is 482 g/mol. The van der Waals surface area contributed by atoms with Crippen molar-refractivity contribution in [3.05, 3.63) is 51.5 Å². The van der Waals surface area contributed by atoms with E-state index in [9.17, 15) is 14.9 Å². The molecule has 3 heterocycles. The lowest BCUT2D eigenvalue weighted by Crippen LogP contribution is -2.50. The van der Waals surface area contributed by atoms with Crippen LogP contribution in [-0.4, -0.2) is 58.0 Å². The maximum absolute atomic E-state index is 12.3. The summed E-state index contributed by atoms with van der Waals surface area (Å²) in [4.78, 5) is 32.6. The molecule has 0 radical (unpaired) electrons. The number of fused-ring (bicyclic) bond motifs is 1. The largest absolute Gasteiger partial charge is 0.444 e. The summed E-state index contributed by atoms with van der Waals surface area (Å²) in [6.07, 6.45) is 1.16. The molecular weight excluding hydrogens is 458 g/mol. The fourth-order valence-electron chi connectivity index (χ4n) is 3.71. The minimum atomic E-state index is -0.538. The van der Waals surface area contributed by atoms with Crippen molar-refractivity contribution >= 4 is 45.7 Å². The van der Waals surface area contributed by atoms with Gasteiger partial charge in [0.05, 0.1) is 22.8 Å². The number of hydrogen-bond acceptors (Lipinski definition) is 8. The van der Waals surface area contributed by atoms with Gasteiger partial charge >= 0.3 is 6.09 Å². The zero-order valence-electron chi connectivity index (χ0n) is 19.1. The summed E-state index contributed by atoms with van der Waals surface area (Å²) in [5, 5.41) is 20.0. The molecule has 2 N–H and O–H groups in total. The van der Waals surface area contributed by atoms with Crippen LogP contribution in [0.4, 0.5) is 22.0 Å². The van der Waals surface area contributed by atoms with Crippen LogP contribution in [0.5, 0.6) is 0 Å². The standard InChI is InChI=1S/C23H24ClN7O3/c1-23(2,3)34-22(33)31-8-6-30(7-9-31)16-4-5-17(14(10-16)12-25)27-20-19-15(11-18(24)28-20)13-26-29-21(19)32/h4-5,10-11,13H,6-9H2,1-3H3,(H,27,28)(H,29,32). The van der Waals surface area contributed by atoms with Crippen molar-refractivity contribution in [3.8, 4) is 6.07 Å². The van der Waals surface area contributed by atoms with Crippen molar-refractivity contribution in [1.29, 1.82) is 5.26 Å². The minimum absolute atomic E-state index is 0.195. The number of aromatic nitrogens is 3. The Morgan fingerprint density at radius 2 is 1.97 bits per heavy atom. The third-order valence-electron chi connectivity index (χ3n) is 5.29. The summed E-state index contributed by atoms with van der Waals surface area (Å²) in [6, 6.07) is 9.15. The molecule has 0 aliphatic carbocycles. The van der Waals surface area contributed by atoms with Crippen molar-refractivity contribution in [2.75, 3.05) is 36.4 Å². The first-order valence-electron chi connectivity index (χ1n) is 10.7. The smallest absolute Gasteiger partial charge is 0.410 e. The van der Waals surface area contributed by atoms with Crippen LogP contribution >= 0.6 is 11.6 Å². The summed E-state index contributed by atoms with van der Waals surface area (Å²) in [5.41, 5.74) is 0.779. The van der Waals surface area contributed by atoms with Crippen molar-refractivity contribution < 1.29 is 9.53 Å². The van der Waals surface area contributed by atoms with Crippen molar-refractivity contribution in [2.24, 2.45) is 0 Å². The number of nitrogens with zero attached hydrogens (tertiary/aromatic N) is 5. The lowest BCUT2D eigenvalue weighted by atomic mass is 10.1. The molecule has 0 spiro atoms. The van der Waals surface area contributed by atoms with Crippen LogP contribution in [0.3, 0.4) is 0 Å². The molecule has 1 aliphatic rings. The Bertz CT molecular complexity index is 1340. The summed E-state index contributed by atoms with van der Waals surface area (Å²) in [5.74, 6) is 0.237. The zero-order chi connectivity index (χ0) is 24.5. The van der Waals surface area contributed by atoms with Crippen molar-refractivity contribution in [2.45, 2.75) is 26.4 Å². The number of halogens is 1. The Morgan fingerprint density at radius 1 is 1.24 bits per heavy atom. The van der Waals surface area contributed by atoms with Gasteiger partial charge in [0.15, 0.2) is 0 Å². The highest BCUT2D eigenvalue weighted by molar-refractivity contribution is 6.30. The molecule has 1 saturated heterocycles. The molecule has 3 aromatic rings. The first kappa shape index (κ1) is 23.3. The van der Waals surface area contributed by atoms with Crippen LogP contribution in [0, 0.1) is 11.3 Å². The number of benzene rings is 1. The predicted octanol–water partition coefficient (Wildman–Crippen LogP) is 3.64. The fourth-order valence-corrected chi connectivity index (χ4v) is 3.91. The van der Waals surface area contributed by atoms with E-state index in [1.165, 1.54) is 6.20 Å². The number of ether oxygens (including phenoxy) is 1. The molecule has 2 aromatic heterocycles. The van der Waals surface area contributed by atoms with Gasteiger partial charge in [0, 0.05) is 37.3 Å². The Hall–Kier alpha value is -3.84. The number of amides is 1. The lowest BCUT2D eigenvalue weighted by Gasteiger charge is -2.36. The molecule has 4 rings (SSSR count). The van der Waals surface area contributed by atoms with E-state index in [1.54, 1.807) is 23.1 Å². The number of carbonyl (C=O) groups excluding carboxylic acids is 1. The van der Waals surface area contributed by atoms with E-state index in [0.717, 1.165) is 5.69 Å². The van der Waals surface area contributed by atoms with E-state index >= 15 is 0 Å². The SMILES string of the molecule is CC(C)(C)OC(=O)N1CCN(c2ccc(Nc3nc(Cl)cc4cn[nH]c(=O)c34)c(C#N)c2)CC1. The molecule has 0 atom stereocenters. The van der Waals surface area contributed by atoms with E-state index in [4.69, 9.17) is 16.3 Å². The maximum atomic E-state index is 12.3. The topological polar surface area (TPSA) is 127 Å². The van der Waals surface area contributed by atoms with E-state index in [0.29, 0.717) is 48.2 Å². The van der Waals surface area contributed by atoms with Crippen LogP contribution in [0.25, 0.3) is 10.8 Å². The van der Waals surface area contributed by atoms with Crippen LogP contribution in [-0.2, 0) is 4.74 Å². The quantitative estimate of drug-likeness (QED) is 0.543.